The lowest BCUT2D eigenvalue weighted by atomic mass is 10.4. The van der Waals surface area contributed by atoms with Crippen molar-refractivity contribution in [2.24, 2.45) is 0 Å². The number of nitrogens with one attached hydrogen (secondary N) is 1. The van der Waals surface area contributed by atoms with Gasteiger partial charge in [-0.15, -0.1) is 4.73 Å². The number of hydrogen-bond acceptors (Lipinski definition) is 6. The van der Waals surface area contributed by atoms with Crippen LogP contribution in [0.5, 0.6) is 11.8 Å². The van der Waals surface area contributed by atoms with Crippen molar-refractivity contribution in [3.05, 3.63) is 45.0 Å². The first-order valence-electron chi connectivity index (χ1n) is 5.68. The van der Waals surface area contributed by atoms with E-state index in [2.05, 4.69) is 4.84 Å². The molecule has 0 aliphatic heterocycles. The fourth-order valence-electron chi connectivity index (χ4n) is 1.50. The van der Waals surface area contributed by atoms with Gasteiger partial charge in [0, 0.05) is 18.7 Å². The van der Waals surface area contributed by atoms with Crippen molar-refractivity contribution in [3.63, 3.8) is 0 Å². The number of aryl methyl sites for hydroxylation is 1. The molecular weight excluding hydrogens is 289 g/mol. The lowest BCUT2D eigenvalue weighted by Gasteiger charge is -2.07. The lowest BCUT2D eigenvalue weighted by molar-refractivity contribution is -0.145. The number of aromatic nitrogens is 3. The summed E-state index contributed by atoms with van der Waals surface area (Å²) >= 11 is 0. The summed E-state index contributed by atoms with van der Waals surface area (Å²) in [7, 11) is 0. The Kier molecular flexibility index (Phi) is 3.78. The monoisotopic (exact) mass is 299 g/mol. The highest BCUT2D eigenvalue weighted by atomic mass is 19.1. The second kappa shape index (κ2) is 5.53. The average molecular weight is 299 g/mol. The summed E-state index contributed by atoms with van der Waals surface area (Å²) in [6, 6.07) is 2.20. The molecule has 0 atom stereocenters. The maximum atomic E-state index is 13.0. The minimum absolute atomic E-state index is 0.256. The van der Waals surface area contributed by atoms with E-state index in [1.807, 2.05) is 0 Å². The summed E-state index contributed by atoms with van der Waals surface area (Å²) in [6.07, 6.45) is 0.307. The Labute approximate surface area is 115 Å². The van der Waals surface area contributed by atoms with Gasteiger partial charge in [-0.3, -0.25) is 14.3 Å². The first kappa shape index (κ1) is 14.4. The first-order chi connectivity index (χ1) is 9.88. The quantitative estimate of drug-likeness (QED) is 0.660. The van der Waals surface area contributed by atoms with E-state index < -0.39 is 34.8 Å². The molecule has 0 spiro atoms. The minimum Gasteiger partial charge on any atom is -0.492 e. The molecule has 0 unspecified atom stereocenters. The van der Waals surface area contributed by atoms with Crippen LogP contribution in [0.15, 0.2) is 27.9 Å². The van der Waals surface area contributed by atoms with Gasteiger partial charge in [0.1, 0.15) is 0 Å². The predicted octanol–water partition coefficient (Wildman–Crippen LogP) is -1.07. The molecule has 0 aromatic carbocycles. The van der Waals surface area contributed by atoms with E-state index in [0.717, 1.165) is 16.7 Å². The van der Waals surface area contributed by atoms with E-state index in [1.54, 1.807) is 4.98 Å². The Balaban J connectivity index is 2.04. The van der Waals surface area contributed by atoms with E-state index in [0.29, 0.717) is 10.9 Å². The van der Waals surface area contributed by atoms with Crippen LogP contribution in [-0.2, 0) is 11.3 Å². The van der Waals surface area contributed by atoms with Gasteiger partial charge in [0.05, 0.1) is 12.6 Å². The Hall–Kier alpha value is -3.04. The molecular formula is C11H10FN3O6. The molecule has 9 nitrogen and oxygen atoms in total. The van der Waals surface area contributed by atoms with Gasteiger partial charge in [0.2, 0.25) is 17.6 Å². The molecule has 0 aliphatic carbocycles. The molecule has 0 bridgehead atoms. The van der Waals surface area contributed by atoms with Gasteiger partial charge in [-0.25, -0.2) is 9.59 Å². The molecule has 0 amide bonds. The fraction of sp³-hybridized carbons (Fsp3) is 0.182. The Bertz CT molecular complexity index is 770. The number of halogens is 1. The third kappa shape index (κ3) is 3.11. The zero-order valence-corrected chi connectivity index (χ0v) is 10.4. The van der Waals surface area contributed by atoms with Crippen molar-refractivity contribution in [2.75, 3.05) is 0 Å². The van der Waals surface area contributed by atoms with Gasteiger partial charge in [-0.1, -0.05) is 0 Å². The topological polar surface area (TPSA) is 127 Å². The van der Waals surface area contributed by atoms with Crippen molar-refractivity contribution in [1.29, 1.82) is 0 Å². The number of carbonyl (C=O) groups excluding carboxylic acids is 1. The van der Waals surface area contributed by atoms with Crippen molar-refractivity contribution in [2.45, 2.75) is 13.0 Å². The van der Waals surface area contributed by atoms with Gasteiger partial charge in [-0.05, 0) is 0 Å². The molecule has 3 N–H and O–H groups in total. The molecule has 0 saturated heterocycles. The highest BCUT2D eigenvalue weighted by Gasteiger charge is 2.13. The molecule has 2 aromatic heterocycles. The smallest absolute Gasteiger partial charge is 0.335 e. The highest BCUT2D eigenvalue weighted by molar-refractivity contribution is 5.69. The zero-order valence-electron chi connectivity index (χ0n) is 10.4. The molecule has 21 heavy (non-hydrogen) atoms. The van der Waals surface area contributed by atoms with E-state index in [-0.39, 0.29) is 13.0 Å². The van der Waals surface area contributed by atoms with Crippen LogP contribution in [0.1, 0.15) is 6.42 Å². The minimum atomic E-state index is -1.16. The van der Waals surface area contributed by atoms with Crippen LogP contribution in [0.25, 0.3) is 0 Å². The largest absolute Gasteiger partial charge is 0.492 e. The second-order valence-corrected chi connectivity index (χ2v) is 3.99. The molecule has 0 radical (unpaired) electrons. The Morgan fingerprint density at radius 1 is 1.29 bits per heavy atom. The van der Waals surface area contributed by atoms with E-state index in [1.165, 1.54) is 0 Å². The maximum Gasteiger partial charge on any atom is 0.335 e. The molecule has 2 rings (SSSR count). The van der Waals surface area contributed by atoms with Crippen LogP contribution in [0, 0.1) is 5.82 Å². The summed E-state index contributed by atoms with van der Waals surface area (Å²) in [5, 5.41) is 18.5. The standard InChI is InChI=1S/C11H10FN3O6/c12-6-5-14(11(20)13-10(6)19)4-3-9(18)21-15-7(16)1-2-8(15)17/h1-2,5,16-17H,3-4H2,(H,13,19,20). The molecule has 2 aromatic rings. The van der Waals surface area contributed by atoms with Crippen molar-refractivity contribution >= 4 is 5.97 Å². The normalized spacial score (nSPS) is 10.5. The zero-order chi connectivity index (χ0) is 15.6. The number of aromatic hydroxyl groups is 2. The average Bonchev–Trinajstić information content (AvgIpc) is 2.73. The van der Waals surface area contributed by atoms with Gasteiger partial charge >= 0.3 is 11.7 Å². The van der Waals surface area contributed by atoms with E-state index >= 15 is 0 Å². The predicted molar refractivity (Wildman–Crippen MR) is 65.2 cm³/mol. The number of H-pyrrole nitrogens is 1. The van der Waals surface area contributed by atoms with Crippen LogP contribution in [0.4, 0.5) is 4.39 Å². The molecule has 2 heterocycles. The van der Waals surface area contributed by atoms with Crippen LogP contribution < -0.4 is 16.1 Å². The third-order valence-electron chi connectivity index (χ3n) is 2.51. The Morgan fingerprint density at radius 2 is 1.90 bits per heavy atom. The molecule has 0 saturated carbocycles. The molecule has 0 fully saturated rings. The highest BCUT2D eigenvalue weighted by Crippen LogP contribution is 2.18. The summed E-state index contributed by atoms with van der Waals surface area (Å²) < 4.78 is 14.3. The van der Waals surface area contributed by atoms with Crippen molar-refractivity contribution < 1.29 is 24.2 Å². The van der Waals surface area contributed by atoms with Crippen molar-refractivity contribution in [3.8, 4) is 11.8 Å². The van der Waals surface area contributed by atoms with Crippen LogP contribution in [0.2, 0.25) is 0 Å². The van der Waals surface area contributed by atoms with Gasteiger partial charge in [0.25, 0.3) is 5.56 Å². The summed E-state index contributed by atoms with van der Waals surface area (Å²) in [5.74, 6) is -3.04. The lowest BCUT2D eigenvalue weighted by Crippen LogP contribution is -2.32. The number of carbonyl (C=O) groups is 1. The second-order valence-electron chi connectivity index (χ2n) is 3.99. The Morgan fingerprint density at radius 3 is 2.52 bits per heavy atom. The molecule has 112 valence electrons. The molecule has 10 heteroatoms. The number of rotatable bonds is 4. The van der Waals surface area contributed by atoms with Crippen molar-refractivity contribution in [1.82, 2.24) is 14.3 Å². The third-order valence-corrected chi connectivity index (χ3v) is 2.51. The summed E-state index contributed by atoms with van der Waals surface area (Å²) in [4.78, 5) is 40.0. The number of nitrogens with zero attached hydrogens (tertiary/aromatic N) is 2. The molecule has 0 aliphatic rings. The van der Waals surface area contributed by atoms with Gasteiger partial charge in [0.15, 0.2) is 0 Å². The van der Waals surface area contributed by atoms with E-state index in [4.69, 9.17) is 0 Å². The SMILES string of the molecule is O=C(CCn1cc(F)c(=O)[nH]c1=O)On1c(O)ccc1O. The fourth-order valence-corrected chi connectivity index (χ4v) is 1.50. The number of hydrogen-bond donors (Lipinski definition) is 3. The van der Waals surface area contributed by atoms with E-state index in [9.17, 15) is 29.0 Å². The van der Waals surface area contributed by atoms with Crippen LogP contribution >= 0.6 is 0 Å². The summed E-state index contributed by atoms with van der Waals surface area (Å²) in [6.45, 7) is -0.256. The maximum absolute atomic E-state index is 13.0. The summed E-state index contributed by atoms with van der Waals surface area (Å²) in [5.41, 5.74) is -2.03. The van der Waals surface area contributed by atoms with Gasteiger partial charge < -0.3 is 15.1 Å². The van der Waals surface area contributed by atoms with Crippen LogP contribution in [-0.4, -0.2) is 30.5 Å². The number of aromatic amines is 1. The first-order valence-corrected chi connectivity index (χ1v) is 5.68. The van der Waals surface area contributed by atoms with Crippen LogP contribution in [0.3, 0.4) is 0 Å². The van der Waals surface area contributed by atoms with Gasteiger partial charge in [-0.2, -0.15) is 4.39 Å².